The highest BCUT2D eigenvalue weighted by atomic mass is 79.9. The van der Waals surface area contributed by atoms with E-state index < -0.39 is 5.72 Å². The predicted molar refractivity (Wildman–Crippen MR) is 118 cm³/mol. The largest absolute Gasteiger partial charge is 0.435 e. The molecular formula is C19H13Br2N5O2S. The molecule has 1 amide bonds. The number of halogens is 2. The number of hydrogen-bond donors (Lipinski definition) is 2. The topological polar surface area (TPSA) is 89.0 Å². The second kappa shape index (κ2) is 6.96. The molecule has 0 bridgehead atoms. The summed E-state index contributed by atoms with van der Waals surface area (Å²) in [5, 5.41) is 15.3. The van der Waals surface area contributed by atoms with Gasteiger partial charge in [-0.15, -0.1) is 10.2 Å². The Morgan fingerprint density at radius 1 is 1.10 bits per heavy atom. The van der Waals surface area contributed by atoms with Crippen LogP contribution in [0.3, 0.4) is 0 Å². The Labute approximate surface area is 187 Å². The van der Waals surface area contributed by atoms with E-state index in [1.165, 1.54) is 11.8 Å². The minimum atomic E-state index is -1.48. The van der Waals surface area contributed by atoms with Crippen LogP contribution in [0.15, 0.2) is 50.5 Å². The van der Waals surface area contributed by atoms with Gasteiger partial charge in [-0.25, -0.2) is 0 Å². The van der Waals surface area contributed by atoms with Gasteiger partial charge in [-0.1, -0.05) is 50.5 Å². The van der Waals surface area contributed by atoms with Crippen molar-refractivity contribution in [1.82, 2.24) is 15.2 Å². The summed E-state index contributed by atoms with van der Waals surface area (Å²) >= 11 is 8.45. The van der Waals surface area contributed by atoms with Gasteiger partial charge in [-0.05, 0) is 42.2 Å². The number of nitrogens with one attached hydrogen (secondary N) is 2. The molecule has 3 heterocycles. The molecule has 2 aliphatic rings. The molecule has 3 aromatic rings. The summed E-state index contributed by atoms with van der Waals surface area (Å²) in [6.07, 6.45) is 0. The minimum Gasteiger partial charge on any atom is -0.435 e. The van der Waals surface area contributed by atoms with Crippen molar-refractivity contribution in [2.24, 2.45) is 0 Å². The van der Waals surface area contributed by atoms with Crippen LogP contribution in [0.2, 0.25) is 0 Å². The molecule has 0 saturated carbocycles. The highest BCUT2D eigenvalue weighted by Crippen LogP contribution is 2.47. The number of amides is 1. The standard InChI is InChI=1S/C19H13Br2N5O2S/c1-2-29-18-23-16-15(25-26-18)11-7-9(20)3-5-13(11)24-19(28-16)12-8-10(21)4-6-14(12)22-17(19)27/h3-8,24H,2H2,1H3,(H,22,27). The van der Waals surface area contributed by atoms with Crippen molar-refractivity contribution in [3.05, 3.63) is 50.9 Å². The molecule has 0 aliphatic carbocycles. The monoisotopic (exact) mass is 533 g/mol. The summed E-state index contributed by atoms with van der Waals surface area (Å²) in [5.41, 5.74) is 1.79. The zero-order chi connectivity index (χ0) is 20.2. The summed E-state index contributed by atoms with van der Waals surface area (Å²) in [5.74, 6) is 0.723. The summed E-state index contributed by atoms with van der Waals surface area (Å²) in [7, 11) is 0. The highest BCUT2D eigenvalue weighted by molar-refractivity contribution is 9.10. The van der Waals surface area contributed by atoms with Crippen LogP contribution in [0, 0.1) is 0 Å². The maximum absolute atomic E-state index is 13.2. The van der Waals surface area contributed by atoms with Crippen molar-refractivity contribution in [3.8, 4) is 17.1 Å². The molecule has 1 spiro atoms. The lowest BCUT2D eigenvalue weighted by molar-refractivity contribution is -0.128. The number of fused-ring (bicyclic) bond motifs is 5. The molecule has 5 rings (SSSR count). The van der Waals surface area contributed by atoms with E-state index in [9.17, 15) is 4.79 Å². The van der Waals surface area contributed by atoms with E-state index in [1.54, 1.807) is 0 Å². The second-order valence-electron chi connectivity index (χ2n) is 6.42. The Hall–Kier alpha value is -2.17. The molecule has 1 unspecified atom stereocenters. The highest BCUT2D eigenvalue weighted by Gasteiger charge is 2.52. The van der Waals surface area contributed by atoms with Crippen molar-refractivity contribution in [1.29, 1.82) is 0 Å². The number of anilines is 2. The number of thioether (sulfide) groups is 1. The first-order chi connectivity index (χ1) is 14.0. The number of aromatic nitrogens is 3. The fourth-order valence-electron chi connectivity index (χ4n) is 3.38. The zero-order valence-corrected chi connectivity index (χ0v) is 19.0. The summed E-state index contributed by atoms with van der Waals surface area (Å²) in [6, 6.07) is 11.2. The smallest absolute Gasteiger partial charge is 0.295 e. The van der Waals surface area contributed by atoms with Gasteiger partial charge in [0.15, 0.2) is 5.69 Å². The van der Waals surface area contributed by atoms with Crippen molar-refractivity contribution in [2.75, 3.05) is 16.4 Å². The normalized spacial score (nSPS) is 18.8. The van der Waals surface area contributed by atoms with Gasteiger partial charge in [-0.2, -0.15) is 4.98 Å². The summed E-state index contributed by atoms with van der Waals surface area (Å²) < 4.78 is 8.02. The van der Waals surface area contributed by atoms with E-state index in [0.717, 1.165) is 20.3 Å². The molecule has 0 saturated heterocycles. The molecule has 10 heteroatoms. The van der Waals surface area contributed by atoms with Gasteiger partial charge >= 0.3 is 0 Å². The first kappa shape index (κ1) is 18.8. The second-order valence-corrected chi connectivity index (χ2v) is 9.49. The Bertz CT molecular complexity index is 1180. The maximum Gasteiger partial charge on any atom is 0.295 e. The first-order valence-corrected chi connectivity index (χ1v) is 11.3. The van der Waals surface area contributed by atoms with Crippen LogP contribution in [-0.2, 0) is 10.5 Å². The number of ether oxygens (including phenoxy) is 1. The zero-order valence-electron chi connectivity index (χ0n) is 15.0. The van der Waals surface area contributed by atoms with Crippen LogP contribution >= 0.6 is 43.6 Å². The SMILES string of the molecule is CCSc1nnc2c(n1)OC1(Nc3ccc(Br)cc3-2)C(=O)Nc2ccc(Br)cc21. The maximum atomic E-state index is 13.2. The quantitative estimate of drug-likeness (QED) is 0.457. The van der Waals surface area contributed by atoms with Gasteiger partial charge in [0.25, 0.3) is 11.6 Å². The van der Waals surface area contributed by atoms with Crippen LogP contribution < -0.4 is 15.4 Å². The lowest BCUT2D eigenvalue weighted by atomic mass is 10.0. The van der Waals surface area contributed by atoms with Gasteiger partial charge in [0, 0.05) is 20.2 Å². The third-order valence-corrected chi connectivity index (χ3v) is 6.34. The molecule has 7 nitrogen and oxygen atoms in total. The Morgan fingerprint density at radius 3 is 2.66 bits per heavy atom. The van der Waals surface area contributed by atoms with Crippen LogP contribution in [0.1, 0.15) is 12.5 Å². The van der Waals surface area contributed by atoms with Crippen molar-refractivity contribution in [3.63, 3.8) is 0 Å². The van der Waals surface area contributed by atoms with Crippen LogP contribution in [0.4, 0.5) is 11.4 Å². The third kappa shape index (κ3) is 3.01. The van der Waals surface area contributed by atoms with Crippen molar-refractivity contribution < 1.29 is 9.53 Å². The minimum absolute atomic E-state index is 0.253. The van der Waals surface area contributed by atoms with E-state index in [0.29, 0.717) is 27.8 Å². The molecule has 1 aromatic heterocycles. The van der Waals surface area contributed by atoms with Gasteiger partial charge in [-0.3, -0.25) is 4.79 Å². The number of carbonyl (C=O) groups excluding carboxylic acids is 1. The lowest BCUT2D eigenvalue weighted by Gasteiger charge is -2.28. The van der Waals surface area contributed by atoms with E-state index in [1.807, 2.05) is 43.3 Å². The third-order valence-electron chi connectivity index (χ3n) is 4.63. The summed E-state index contributed by atoms with van der Waals surface area (Å²) in [6.45, 7) is 2.01. The van der Waals surface area contributed by atoms with E-state index in [4.69, 9.17) is 4.74 Å². The fraction of sp³-hybridized carbons (Fsp3) is 0.158. The molecule has 1 atom stereocenters. The van der Waals surface area contributed by atoms with Crippen LogP contribution in [0.25, 0.3) is 11.3 Å². The number of benzene rings is 2. The molecule has 2 N–H and O–H groups in total. The molecule has 146 valence electrons. The number of rotatable bonds is 2. The molecule has 2 aromatic carbocycles. The number of carbonyl (C=O) groups is 1. The van der Waals surface area contributed by atoms with E-state index in [-0.39, 0.29) is 11.8 Å². The van der Waals surface area contributed by atoms with E-state index >= 15 is 0 Å². The van der Waals surface area contributed by atoms with Crippen molar-refractivity contribution >= 4 is 60.9 Å². The Balaban J connectivity index is 1.78. The Kier molecular flexibility index (Phi) is 4.52. The lowest BCUT2D eigenvalue weighted by Crippen LogP contribution is -2.47. The summed E-state index contributed by atoms with van der Waals surface area (Å²) in [4.78, 5) is 17.7. The number of nitrogens with zero attached hydrogens (tertiary/aromatic N) is 3. The molecular weight excluding hydrogens is 522 g/mol. The van der Waals surface area contributed by atoms with Crippen LogP contribution in [0.5, 0.6) is 5.88 Å². The van der Waals surface area contributed by atoms with Gasteiger partial charge < -0.3 is 15.4 Å². The van der Waals surface area contributed by atoms with Gasteiger partial charge in [0.05, 0.1) is 11.3 Å². The molecule has 2 aliphatic heterocycles. The average Bonchev–Trinajstić information content (AvgIpc) is 2.86. The van der Waals surface area contributed by atoms with E-state index in [2.05, 4.69) is 57.7 Å². The molecule has 0 radical (unpaired) electrons. The van der Waals surface area contributed by atoms with Gasteiger partial charge in [0.2, 0.25) is 11.0 Å². The molecule has 0 fully saturated rings. The first-order valence-electron chi connectivity index (χ1n) is 8.76. The predicted octanol–water partition coefficient (Wildman–Crippen LogP) is 4.79. The van der Waals surface area contributed by atoms with Crippen LogP contribution in [-0.4, -0.2) is 26.8 Å². The average molecular weight is 535 g/mol. The fourth-order valence-corrected chi connectivity index (χ4v) is 4.61. The Morgan fingerprint density at radius 2 is 1.86 bits per heavy atom. The molecule has 29 heavy (non-hydrogen) atoms. The van der Waals surface area contributed by atoms with Gasteiger partial charge in [0.1, 0.15) is 0 Å². The number of hydrogen-bond acceptors (Lipinski definition) is 7. The van der Waals surface area contributed by atoms with Crippen molar-refractivity contribution in [2.45, 2.75) is 17.8 Å².